The van der Waals surface area contributed by atoms with Crippen LogP contribution < -0.4 is 0 Å². The van der Waals surface area contributed by atoms with Crippen LogP contribution in [0.1, 0.15) is 19.8 Å². The van der Waals surface area contributed by atoms with Gasteiger partial charge in [-0.3, -0.25) is 9.69 Å². The number of aliphatic hydroxyl groups excluding tert-OH is 1. The number of morpholine rings is 1. The minimum absolute atomic E-state index is 0.180. The van der Waals surface area contributed by atoms with E-state index in [0.29, 0.717) is 19.5 Å². The number of ether oxygens (including phenoxy) is 1. The molecule has 5 heteroatoms. The Bertz CT molecular complexity index is 272. The molecule has 2 rings (SSSR count). The van der Waals surface area contributed by atoms with Gasteiger partial charge in [-0.05, 0) is 13.3 Å². The van der Waals surface area contributed by atoms with Crippen LogP contribution in [0.5, 0.6) is 0 Å². The second-order valence-electron chi connectivity index (χ2n) is 5.04. The van der Waals surface area contributed by atoms with E-state index in [1.165, 1.54) is 0 Å². The normalized spacial score (nSPS) is 28.7. The molecule has 2 fully saturated rings. The number of hydrogen-bond acceptors (Lipinski definition) is 4. The van der Waals surface area contributed by atoms with Gasteiger partial charge < -0.3 is 14.7 Å². The van der Waals surface area contributed by atoms with Gasteiger partial charge in [-0.2, -0.15) is 0 Å². The lowest BCUT2D eigenvalue weighted by Gasteiger charge is -2.33. The summed E-state index contributed by atoms with van der Waals surface area (Å²) in [4.78, 5) is 15.4. The number of β-amino-alcohol motifs (C(OH)–C–C–N with tert-alkyl or cyclic N) is 1. The predicted molar refractivity (Wildman–Crippen MR) is 63.7 cm³/mol. The molecule has 0 aliphatic carbocycles. The number of aliphatic hydroxyl groups is 1. The number of rotatable bonds is 4. The summed E-state index contributed by atoms with van der Waals surface area (Å²) in [5.74, 6) is 0.180. The second-order valence-corrected chi connectivity index (χ2v) is 5.04. The summed E-state index contributed by atoms with van der Waals surface area (Å²) in [6.07, 6.45) is 1.37. The van der Waals surface area contributed by atoms with E-state index in [1.54, 1.807) is 4.90 Å². The number of likely N-dealkylation sites (tertiary alicyclic amines) is 1. The summed E-state index contributed by atoms with van der Waals surface area (Å²) < 4.78 is 5.45. The Kier molecular flexibility index (Phi) is 4.36. The van der Waals surface area contributed by atoms with Gasteiger partial charge in [0, 0.05) is 39.1 Å². The average molecular weight is 242 g/mol. The van der Waals surface area contributed by atoms with E-state index in [9.17, 15) is 9.90 Å². The number of carbonyl (C=O) groups excluding carboxylic acids is 1. The summed E-state index contributed by atoms with van der Waals surface area (Å²) >= 11 is 0. The largest absolute Gasteiger partial charge is 0.390 e. The molecule has 2 saturated heterocycles. The molecule has 2 atom stereocenters. The molecule has 0 spiro atoms. The van der Waals surface area contributed by atoms with Crippen molar-refractivity contribution in [1.82, 2.24) is 9.80 Å². The van der Waals surface area contributed by atoms with Crippen molar-refractivity contribution in [2.75, 3.05) is 39.3 Å². The lowest BCUT2D eigenvalue weighted by molar-refractivity contribution is -0.129. The molecule has 2 heterocycles. The Morgan fingerprint density at radius 3 is 2.94 bits per heavy atom. The van der Waals surface area contributed by atoms with Gasteiger partial charge in [0.25, 0.3) is 0 Å². The van der Waals surface area contributed by atoms with Crippen LogP contribution in [-0.4, -0.2) is 72.4 Å². The Morgan fingerprint density at radius 2 is 2.29 bits per heavy atom. The van der Waals surface area contributed by atoms with Gasteiger partial charge in [0.2, 0.25) is 5.91 Å². The number of hydrogen-bond donors (Lipinski definition) is 1. The summed E-state index contributed by atoms with van der Waals surface area (Å²) in [6, 6.07) is 0. The standard InChI is InChI=1S/C12H22N2O3/c1-10-7-13(5-6-17-10)8-11(15)9-14-4-2-3-12(14)16/h10-11,15H,2-9H2,1H3. The molecule has 98 valence electrons. The molecule has 17 heavy (non-hydrogen) atoms. The van der Waals surface area contributed by atoms with E-state index in [2.05, 4.69) is 4.90 Å². The number of carbonyl (C=O) groups is 1. The quantitative estimate of drug-likeness (QED) is 0.735. The maximum atomic E-state index is 11.4. The Labute approximate surface area is 102 Å². The first-order chi connectivity index (χ1) is 8.15. The Hall–Kier alpha value is -0.650. The van der Waals surface area contributed by atoms with Crippen LogP contribution in [0.25, 0.3) is 0 Å². The van der Waals surface area contributed by atoms with Crippen molar-refractivity contribution >= 4 is 5.91 Å². The van der Waals surface area contributed by atoms with E-state index in [0.717, 1.165) is 32.7 Å². The van der Waals surface area contributed by atoms with Gasteiger partial charge in [-0.15, -0.1) is 0 Å². The third-order valence-corrected chi connectivity index (χ3v) is 3.40. The smallest absolute Gasteiger partial charge is 0.222 e. The topological polar surface area (TPSA) is 53.0 Å². The molecule has 0 aromatic rings. The van der Waals surface area contributed by atoms with Crippen molar-refractivity contribution in [3.63, 3.8) is 0 Å². The van der Waals surface area contributed by atoms with Crippen molar-refractivity contribution in [2.45, 2.75) is 32.0 Å². The van der Waals surface area contributed by atoms with Gasteiger partial charge in [0.1, 0.15) is 0 Å². The van der Waals surface area contributed by atoms with Crippen LogP contribution in [-0.2, 0) is 9.53 Å². The van der Waals surface area contributed by atoms with E-state index >= 15 is 0 Å². The Morgan fingerprint density at radius 1 is 1.47 bits per heavy atom. The molecule has 2 unspecified atom stereocenters. The van der Waals surface area contributed by atoms with Crippen LogP contribution in [0, 0.1) is 0 Å². The van der Waals surface area contributed by atoms with Gasteiger partial charge >= 0.3 is 0 Å². The fraction of sp³-hybridized carbons (Fsp3) is 0.917. The molecular weight excluding hydrogens is 220 g/mol. The molecule has 0 aromatic carbocycles. The highest BCUT2D eigenvalue weighted by Gasteiger charge is 2.24. The molecule has 0 bridgehead atoms. The Balaban J connectivity index is 1.72. The van der Waals surface area contributed by atoms with Crippen molar-refractivity contribution in [1.29, 1.82) is 0 Å². The van der Waals surface area contributed by atoms with Gasteiger partial charge in [0.15, 0.2) is 0 Å². The minimum atomic E-state index is -0.442. The van der Waals surface area contributed by atoms with E-state index < -0.39 is 6.10 Å². The van der Waals surface area contributed by atoms with Crippen molar-refractivity contribution < 1.29 is 14.6 Å². The van der Waals surface area contributed by atoms with Crippen LogP contribution in [0.3, 0.4) is 0 Å². The van der Waals surface area contributed by atoms with E-state index in [1.807, 2.05) is 6.92 Å². The van der Waals surface area contributed by atoms with Gasteiger partial charge in [-0.25, -0.2) is 0 Å². The zero-order valence-corrected chi connectivity index (χ0v) is 10.5. The first-order valence-electron chi connectivity index (χ1n) is 6.45. The van der Waals surface area contributed by atoms with Gasteiger partial charge in [0.05, 0.1) is 18.8 Å². The molecule has 1 N–H and O–H groups in total. The van der Waals surface area contributed by atoms with Crippen LogP contribution >= 0.6 is 0 Å². The fourth-order valence-corrected chi connectivity index (χ4v) is 2.56. The third-order valence-electron chi connectivity index (χ3n) is 3.40. The molecule has 1 amide bonds. The monoisotopic (exact) mass is 242 g/mol. The van der Waals surface area contributed by atoms with Crippen LogP contribution in [0.2, 0.25) is 0 Å². The molecule has 0 radical (unpaired) electrons. The first kappa shape index (κ1) is 12.8. The maximum absolute atomic E-state index is 11.4. The highest BCUT2D eigenvalue weighted by Crippen LogP contribution is 2.11. The molecule has 2 aliphatic heterocycles. The maximum Gasteiger partial charge on any atom is 0.222 e. The number of nitrogens with zero attached hydrogens (tertiary/aromatic N) is 2. The van der Waals surface area contributed by atoms with Crippen molar-refractivity contribution in [2.24, 2.45) is 0 Å². The molecule has 0 saturated carbocycles. The zero-order valence-electron chi connectivity index (χ0n) is 10.5. The van der Waals surface area contributed by atoms with E-state index in [-0.39, 0.29) is 12.0 Å². The average Bonchev–Trinajstić information content (AvgIpc) is 2.64. The minimum Gasteiger partial charge on any atom is -0.390 e. The fourth-order valence-electron chi connectivity index (χ4n) is 2.56. The highest BCUT2D eigenvalue weighted by molar-refractivity contribution is 5.78. The SMILES string of the molecule is CC1CN(CC(O)CN2CCCC2=O)CCO1. The summed E-state index contributed by atoms with van der Waals surface area (Å²) in [6.45, 7) is 6.43. The highest BCUT2D eigenvalue weighted by atomic mass is 16.5. The molecule has 5 nitrogen and oxygen atoms in total. The molecular formula is C12H22N2O3. The molecule has 0 aromatic heterocycles. The van der Waals surface area contributed by atoms with Crippen LogP contribution in [0.4, 0.5) is 0 Å². The molecule has 2 aliphatic rings. The zero-order chi connectivity index (χ0) is 12.3. The lowest BCUT2D eigenvalue weighted by Crippen LogP contribution is -2.47. The van der Waals surface area contributed by atoms with Crippen molar-refractivity contribution in [3.8, 4) is 0 Å². The number of amides is 1. The lowest BCUT2D eigenvalue weighted by atomic mass is 10.2. The summed E-state index contributed by atoms with van der Waals surface area (Å²) in [7, 11) is 0. The summed E-state index contributed by atoms with van der Waals surface area (Å²) in [5.41, 5.74) is 0. The van der Waals surface area contributed by atoms with E-state index in [4.69, 9.17) is 4.74 Å². The third kappa shape index (κ3) is 3.66. The predicted octanol–water partition coefficient (Wildman–Crippen LogP) is -0.310. The first-order valence-corrected chi connectivity index (χ1v) is 6.45. The van der Waals surface area contributed by atoms with Gasteiger partial charge in [-0.1, -0.05) is 0 Å². The van der Waals surface area contributed by atoms with Crippen LogP contribution in [0.15, 0.2) is 0 Å². The second kappa shape index (κ2) is 5.80. The van der Waals surface area contributed by atoms with Crippen molar-refractivity contribution in [3.05, 3.63) is 0 Å². The summed E-state index contributed by atoms with van der Waals surface area (Å²) in [5, 5.41) is 9.99.